The van der Waals surface area contributed by atoms with Crippen LogP contribution in [0, 0.1) is 5.41 Å². The van der Waals surface area contributed by atoms with Crippen molar-refractivity contribution < 1.29 is 19.1 Å². The lowest BCUT2D eigenvalue weighted by molar-refractivity contribution is -0.167. The number of hydrogen-bond acceptors (Lipinski definition) is 4. The predicted octanol–water partition coefficient (Wildman–Crippen LogP) is 3.60. The summed E-state index contributed by atoms with van der Waals surface area (Å²) in [6, 6.07) is 14.1. The third-order valence-electron chi connectivity index (χ3n) is 3.92. The number of ether oxygens (including phenoxy) is 2. The van der Waals surface area contributed by atoms with Crippen molar-refractivity contribution in [3.05, 3.63) is 54.1 Å². The Labute approximate surface area is 135 Å². The topological polar surface area (TPSA) is 52.6 Å². The van der Waals surface area contributed by atoms with Crippen LogP contribution in [-0.4, -0.2) is 26.2 Å². The lowest BCUT2D eigenvalue weighted by atomic mass is 9.86. The molecule has 0 saturated heterocycles. The van der Waals surface area contributed by atoms with Crippen LogP contribution in [0.2, 0.25) is 0 Å². The van der Waals surface area contributed by atoms with Crippen LogP contribution in [0.25, 0.3) is 16.8 Å². The summed E-state index contributed by atoms with van der Waals surface area (Å²) < 4.78 is 9.48. The van der Waals surface area contributed by atoms with E-state index in [4.69, 9.17) is 9.47 Å². The Morgan fingerprint density at radius 1 is 1.00 bits per heavy atom. The normalized spacial score (nSPS) is 11.6. The lowest BCUT2D eigenvalue weighted by Crippen LogP contribution is -2.38. The van der Waals surface area contributed by atoms with Crippen molar-refractivity contribution in [2.45, 2.75) is 13.3 Å². The van der Waals surface area contributed by atoms with Crippen molar-refractivity contribution >= 4 is 28.8 Å². The molecule has 0 unspecified atom stereocenters. The molecule has 4 nitrogen and oxygen atoms in total. The van der Waals surface area contributed by atoms with E-state index < -0.39 is 17.4 Å². The first-order valence-electron chi connectivity index (χ1n) is 7.34. The monoisotopic (exact) mass is 312 g/mol. The highest BCUT2D eigenvalue weighted by Crippen LogP contribution is 2.27. The number of carbonyl (C=O) groups is 2. The zero-order valence-electron chi connectivity index (χ0n) is 13.5. The number of carbonyl (C=O) groups excluding carboxylic acids is 2. The Balaban J connectivity index is 2.28. The summed E-state index contributed by atoms with van der Waals surface area (Å²) in [5.74, 6) is -1.21. The van der Waals surface area contributed by atoms with Gasteiger partial charge in [-0.15, -0.1) is 0 Å². The molecule has 0 heterocycles. The molecule has 2 aromatic carbocycles. The molecular weight excluding hydrogens is 292 g/mol. The van der Waals surface area contributed by atoms with Gasteiger partial charge in [0.25, 0.3) is 0 Å². The minimum absolute atomic E-state index is 0.204. The van der Waals surface area contributed by atoms with Crippen LogP contribution in [-0.2, 0) is 19.1 Å². The maximum Gasteiger partial charge on any atom is 0.323 e. The average Bonchev–Trinajstić information content (AvgIpc) is 2.60. The number of benzene rings is 2. The maximum atomic E-state index is 11.9. The van der Waals surface area contributed by atoms with Crippen molar-refractivity contribution in [2.24, 2.45) is 5.41 Å². The summed E-state index contributed by atoms with van der Waals surface area (Å²) in [6.07, 6.45) is 3.91. The van der Waals surface area contributed by atoms with Crippen molar-refractivity contribution in [1.29, 1.82) is 0 Å². The van der Waals surface area contributed by atoms with Crippen LogP contribution in [0.3, 0.4) is 0 Å². The molecule has 0 radical (unpaired) electrons. The highest BCUT2D eigenvalue weighted by Gasteiger charge is 2.42. The van der Waals surface area contributed by atoms with Crippen molar-refractivity contribution in [1.82, 2.24) is 0 Å². The number of rotatable bonds is 5. The Hall–Kier alpha value is -2.62. The van der Waals surface area contributed by atoms with Crippen molar-refractivity contribution in [2.75, 3.05) is 14.2 Å². The Kier molecular flexibility index (Phi) is 5.16. The molecular formula is C19H20O4. The van der Waals surface area contributed by atoms with Crippen LogP contribution >= 0.6 is 0 Å². The second kappa shape index (κ2) is 7.09. The van der Waals surface area contributed by atoms with Gasteiger partial charge in [0.15, 0.2) is 5.41 Å². The molecule has 0 aromatic heterocycles. The summed E-state index contributed by atoms with van der Waals surface area (Å²) in [5, 5.41) is 2.25. The SMILES string of the molecule is COC(=O)C(C)(C/C=C/c1cccc2ccccc12)C(=O)OC. The van der Waals surface area contributed by atoms with E-state index in [9.17, 15) is 9.59 Å². The van der Waals surface area contributed by atoms with Gasteiger partial charge >= 0.3 is 11.9 Å². The zero-order chi connectivity index (χ0) is 16.9. The van der Waals surface area contributed by atoms with E-state index >= 15 is 0 Å². The van der Waals surface area contributed by atoms with Gasteiger partial charge in [-0.05, 0) is 29.7 Å². The van der Waals surface area contributed by atoms with E-state index in [1.165, 1.54) is 21.1 Å². The standard InChI is InChI=1S/C19H20O4/c1-19(17(20)22-2,18(21)23-3)13-7-11-15-10-6-9-14-8-4-5-12-16(14)15/h4-12H,13H2,1-3H3/b11-7+. The van der Waals surface area contributed by atoms with Gasteiger partial charge < -0.3 is 9.47 Å². The third-order valence-corrected chi connectivity index (χ3v) is 3.92. The second-order valence-corrected chi connectivity index (χ2v) is 5.49. The molecule has 23 heavy (non-hydrogen) atoms. The highest BCUT2D eigenvalue weighted by atomic mass is 16.5. The van der Waals surface area contributed by atoms with E-state index in [0.717, 1.165) is 16.3 Å². The highest BCUT2D eigenvalue weighted by molar-refractivity contribution is 6.00. The predicted molar refractivity (Wildman–Crippen MR) is 89.7 cm³/mol. The quantitative estimate of drug-likeness (QED) is 0.625. The minimum Gasteiger partial charge on any atom is -0.468 e. The van der Waals surface area contributed by atoms with Gasteiger partial charge in [-0.2, -0.15) is 0 Å². The summed E-state index contributed by atoms with van der Waals surface area (Å²) in [7, 11) is 2.52. The fourth-order valence-corrected chi connectivity index (χ4v) is 2.52. The van der Waals surface area contributed by atoms with Gasteiger partial charge in [0.2, 0.25) is 0 Å². The molecule has 0 aliphatic rings. The van der Waals surface area contributed by atoms with Crippen molar-refractivity contribution in [3.63, 3.8) is 0 Å². The van der Waals surface area contributed by atoms with Crippen LogP contribution in [0.5, 0.6) is 0 Å². The molecule has 2 rings (SSSR count). The molecule has 0 saturated carbocycles. The Morgan fingerprint density at radius 3 is 2.26 bits per heavy atom. The smallest absolute Gasteiger partial charge is 0.323 e. The molecule has 0 aliphatic heterocycles. The van der Waals surface area contributed by atoms with E-state index in [2.05, 4.69) is 0 Å². The number of fused-ring (bicyclic) bond motifs is 1. The zero-order valence-corrected chi connectivity index (χ0v) is 13.5. The molecule has 0 aliphatic carbocycles. The third kappa shape index (κ3) is 3.42. The fourth-order valence-electron chi connectivity index (χ4n) is 2.52. The summed E-state index contributed by atoms with van der Waals surface area (Å²) >= 11 is 0. The van der Waals surface area contributed by atoms with Gasteiger partial charge in [0.05, 0.1) is 14.2 Å². The van der Waals surface area contributed by atoms with E-state index in [1.54, 1.807) is 6.08 Å². The summed E-state index contributed by atoms with van der Waals surface area (Å²) in [5.41, 5.74) is -0.315. The summed E-state index contributed by atoms with van der Waals surface area (Å²) in [6.45, 7) is 1.53. The molecule has 120 valence electrons. The molecule has 0 fully saturated rings. The van der Waals surface area contributed by atoms with E-state index in [-0.39, 0.29) is 6.42 Å². The van der Waals surface area contributed by atoms with E-state index in [1.807, 2.05) is 48.5 Å². The van der Waals surface area contributed by atoms with Crippen LogP contribution in [0.1, 0.15) is 18.9 Å². The first kappa shape index (κ1) is 16.7. The average molecular weight is 312 g/mol. The molecule has 4 heteroatoms. The number of esters is 2. The van der Waals surface area contributed by atoms with Gasteiger partial charge in [0, 0.05) is 0 Å². The van der Waals surface area contributed by atoms with Crippen molar-refractivity contribution in [3.8, 4) is 0 Å². The minimum atomic E-state index is -1.34. The molecule has 2 aromatic rings. The number of hydrogen-bond donors (Lipinski definition) is 0. The van der Waals surface area contributed by atoms with Crippen LogP contribution in [0.15, 0.2) is 48.5 Å². The molecule has 0 atom stereocenters. The van der Waals surface area contributed by atoms with Gasteiger partial charge in [-0.1, -0.05) is 54.6 Å². The van der Waals surface area contributed by atoms with Crippen LogP contribution in [0.4, 0.5) is 0 Å². The molecule has 0 spiro atoms. The Bertz CT molecular complexity index is 725. The maximum absolute atomic E-state index is 11.9. The van der Waals surface area contributed by atoms with E-state index in [0.29, 0.717) is 0 Å². The molecule has 0 N–H and O–H groups in total. The fraction of sp³-hybridized carbons (Fsp3) is 0.263. The second-order valence-electron chi connectivity index (χ2n) is 5.49. The first-order chi connectivity index (χ1) is 11.0. The molecule has 0 amide bonds. The first-order valence-corrected chi connectivity index (χ1v) is 7.34. The molecule has 0 bridgehead atoms. The Morgan fingerprint density at radius 2 is 1.61 bits per heavy atom. The lowest BCUT2D eigenvalue weighted by Gasteiger charge is -2.21. The number of allylic oxidation sites excluding steroid dienone is 1. The van der Waals surface area contributed by atoms with Gasteiger partial charge in [-0.3, -0.25) is 9.59 Å². The van der Waals surface area contributed by atoms with Gasteiger partial charge in [0.1, 0.15) is 0 Å². The largest absolute Gasteiger partial charge is 0.468 e. The van der Waals surface area contributed by atoms with Gasteiger partial charge in [-0.25, -0.2) is 0 Å². The van der Waals surface area contributed by atoms with Crippen LogP contribution < -0.4 is 0 Å². The summed E-state index contributed by atoms with van der Waals surface area (Å²) in [4.78, 5) is 23.9. The number of methoxy groups -OCH3 is 2.